The van der Waals surface area contributed by atoms with Gasteiger partial charge in [-0.3, -0.25) is 4.79 Å². The van der Waals surface area contributed by atoms with Crippen LogP contribution in [0.4, 0.5) is 0 Å². The average molecular weight is 184 g/mol. The smallest absolute Gasteiger partial charge is 0.312 e. The van der Waals surface area contributed by atoms with Crippen LogP contribution in [-0.2, 0) is 9.53 Å². The molecule has 2 aliphatic rings. The Morgan fingerprint density at radius 2 is 2.23 bits per heavy atom. The Balaban J connectivity index is 2.13. The van der Waals surface area contributed by atoms with Gasteiger partial charge in [0.1, 0.15) is 0 Å². The number of esters is 1. The molecule has 2 rings (SSSR count). The molecule has 1 saturated carbocycles. The number of carbonyl (C=O) groups is 1. The Bertz CT molecular complexity index is 214. The minimum atomic E-state index is -0.459. The van der Waals surface area contributed by atoms with Crippen LogP contribution in [-0.4, -0.2) is 23.3 Å². The van der Waals surface area contributed by atoms with E-state index in [0.717, 1.165) is 25.7 Å². The molecule has 1 heterocycles. The molecular weight excluding hydrogens is 168 g/mol. The molecule has 1 unspecified atom stereocenters. The molecule has 1 aliphatic carbocycles. The lowest BCUT2D eigenvalue weighted by atomic mass is 9.73. The molecule has 2 fully saturated rings. The maximum Gasteiger partial charge on any atom is 0.312 e. The van der Waals surface area contributed by atoms with Crippen molar-refractivity contribution in [3.05, 3.63) is 0 Å². The number of ether oxygens (including phenoxy) is 1. The van der Waals surface area contributed by atoms with E-state index in [0.29, 0.717) is 5.92 Å². The number of cyclic esters (lactones) is 1. The molecule has 3 heteroatoms. The van der Waals surface area contributed by atoms with Gasteiger partial charge in [0.25, 0.3) is 0 Å². The molecule has 3 nitrogen and oxygen atoms in total. The summed E-state index contributed by atoms with van der Waals surface area (Å²) in [6, 6.07) is 0. The third-order valence-corrected chi connectivity index (χ3v) is 3.22. The maximum atomic E-state index is 11.5. The summed E-state index contributed by atoms with van der Waals surface area (Å²) >= 11 is 0. The second kappa shape index (κ2) is 3.29. The van der Waals surface area contributed by atoms with E-state index >= 15 is 0 Å². The standard InChI is InChI=1S/C10H16O3/c1-6-5-7-3-2-4-8(11)9(7)10(12)13-6/h6-9,11H,2-5H2,1H3/t6-,7+,8?,9-/m1/s1. The molecule has 0 aromatic rings. The van der Waals surface area contributed by atoms with E-state index < -0.39 is 6.10 Å². The Hall–Kier alpha value is -0.570. The minimum Gasteiger partial charge on any atom is -0.462 e. The largest absolute Gasteiger partial charge is 0.462 e. The number of aliphatic hydroxyl groups excluding tert-OH is 1. The molecule has 0 aromatic heterocycles. The van der Waals surface area contributed by atoms with E-state index in [1.165, 1.54) is 0 Å². The second-order valence-corrected chi connectivity index (χ2v) is 4.27. The van der Waals surface area contributed by atoms with E-state index in [1.54, 1.807) is 0 Å². The van der Waals surface area contributed by atoms with Crippen LogP contribution < -0.4 is 0 Å². The summed E-state index contributed by atoms with van der Waals surface area (Å²) < 4.78 is 5.13. The number of hydrogen-bond acceptors (Lipinski definition) is 3. The van der Waals surface area contributed by atoms with Gasteiger partial charge in [0.05, 0.1) is 18.1 Å². The quantitative estimate of drug-likeness (QED) is 0.573. The first kappa shape index (κ1) is 9.00. The summed E-state index contributed by atoms with van der Waals surface area (Å²) in [4.78, 5) is 11.5. The zero-order valence-electron chi connectivity index (χ0n) is 7.90. The lowest BCUT2D eigenvalue weighted by molar-refractivity contribution is -0.173. The van der Waals surface area contributed by atoms with Gasteiger partial charge in [-0.2, -0.15) is 0 Å². The molecule has 1 saturated heterocycles. The van der Waals surface area contributed by atoms with Crippen molar-refractivity contribution in [3.63, 3.8) is 0 Å². The first-order valence-electron chi connectivity index (χ1n) is 5.07. The fourth-order valence-electron chi connectivity index (χ4n) is 2.63. The number of carbonyl (C=O) groups excluding carboxylic acids is 1. The summed E-state index contributed by atoms with van der Waals surface area (Å²) in [5.74, 6) is -0.0547. The second-order valence-electron chi connectivity index (χ2n) is 4.27. The zero-order valence-corrected chi connectivity index (χ0v) is 7.90. The van der Waals surface area contributed by atoms with Crippen molar-refractivity contribution in [2.45, 2.75) is 44.8 Å². The van der Waals surface area contributed by atoms with Crippen LogP contribution in [0.2, 0.25) is 0 Å². The Kier molecular flexibility index (Phi) is 2.28. The summed E-state index contributed by atoms with van der Waals surface area (Å²) in [6.45, 7) is 1.93. The van der Waals surface area contributed by atoms with Crippen molar-refractivity contribution in [2.75, 3.05) is 0 Å². The van der Waals surface area contributed by atoms with Gasteiger partial charge < -0.3 is 9.84 Å². The third kappa shape index (κ3) is 1.57. The van der Waals surface area contributed by atoms with Crippen molar-refractivity contribution in [3.8, 4) is 0 Å². The molecule has 74 valence electrons. The summed E-state index contributed by atoms with van der Waals surface area (Å²) in [6.07, 6.45) is 3.37. The van der Waals surface area contributed by atoms with Gasteiger partial charge in [-0.25, -0.2) is 0 Å². The number of fused-ring (bicyclic) bond motifs is 1. The third-order valence-electron chi connectivity index (χ3n) is 3.22. The normalized spacial score (nSPS) is 45.2. The number of hydrogen-bond donors (Lipinski definition) is 1. The van der Waals surface area contributed by atoms with E-state index in [4.69, 9.17) is 4.74 Å². The van der Waals surface area contributed by atoms with Crippen molar-refractivity contribution >= 4 is 5.97 Å². The van der Waals surface area contributed by atoms with Gasteiger partial charge in [0.15, 0.2) is 0 Å². The van der Waals surface area contributed by atoms with Crippen molar-refractivity contribution in [2.24, 2.45) is 11.8 Å². The molecule has 13 heavy (non-hydrogen) atoms. The van der Waals surface area contributed by atoms with E-state index in [2.05, 4.69) is 0 Å². The maximum absolute atomic E-state index is 11.5. The highest BCUT2D eigenvalue weighted by molar-refractivity contribution is 5.74. The average Bonchev–Trinajstić information content (AvgIpc) is 2.02. The van der Waals surface area contributed by atoms with Gasteiger partial charge in [-0.05, 0) is 32.1 Å². The van der Waals surface area contributed by atoms with Gasteiger partial charge in [-0.15, -0.1) is 0 Å². The lowest BCUT2D eigenvalue weighted by Gasteiger charge is -2.39. The predicted molar refractivity (Wildman–Crippen MR) is 47.0 cm³/mol. The van der Waals surface area contributed by atoms with Crippen molar-refractivity contribution in [1.29, 1.82) is 0 Å². The van der Waals surface area contributed by atoms with Crippen LogP contribution in [0.3, 0.4) is 0 Å². The van der Waals surface area contributed by atoms with Crippen LogP contribution >= 0.6 is 0 Å². The molecule has 0 radical (unpaired) electrons. The van der Waals surface area contributed by atoms with Gasteiger partial charge >= 0.3 is 5.97 Å². The predicted octanol–water partition coefficient (Wildman–Crippen LogP) is 1.10. The molecule has 1 N–H and O–H groups in total. The highest BCUT2D eigenvalue weighted by atomic mass is 16.5. The molecule has 0 bridgehead atoms. The summed E-state index contributed by atoms with van der Waals surface area (Å²) in [7, 11) is 0. The minimum absolute atomic E-state index is 0.0408. The van der Waals surface area contributed by atoms with E-state index in [1.807, 2.05) is 6.92 Å². The van der Waals surface area contributed by atoms with Gasteiger partial charge in [0, 0.05) is 0 Å². The Morgan fingerprint density at radius 1 is 1.46 bits per heavy atom. The summed E-state index contributed by atoms with van der Waals surface area (Å²) in [5, 5.41) is 9.66. The molecule has 0 spiro atoms. The zero-order chi connectivity index (χ0) is 9.42. The van der Waals surface area contributed by atoms with Crippen molar-refractivity contribution in [1.82, 2.24) is 0 Å². The number of aliphatic hydroxyl groups is 1. The van der Waals surface area contributed by atoms with Crippen LogP contribution in [0, 0.1) is 11.8 Å². The topological polar surface area (TPSA) is 46.5 Å². The van der Waals surface area contributed by atoms with E-state index in [9.17, 15) is 9.90 Å². The van der Waals surface area contributed by atoms with E-state index in [-0.39, 0.29) is 18.0 Å². The molecule has 4 atom stereocenters. The fraction of sp³-hybridized carbons (Fsp3) is 0.900. The number of rotatable bonds is 0. The SMILES string of the molecule is C[C@@H]1C[C@@H]2CCCC(O)[C@@H]2C(=O)O1. The van der Waals surface area contributed by atoms with Crippen LogP contribution in [0.15, 0.2) is 0 Å². The Labute approximate surface area is 78.1 Å². The Morgan fingerprint density at radius 3 is 3.00 bits per heavy atom. The highest BCUT2D eigenvalue weighted by Gasteiger charge is 2.43. The highest BCUT2D eigenvalue weighted by Crippen LogP contribution is 2.38. The molecule has 1 aliphatic heterocycles. The summed E-state index contributed by atoms with van der Waals surface area (Å²) in [5.41, 5.74) is 0. The monoisotopic (exact) mass is 184 g/mol. The van der Waals surface area contributed by atoms with Crippen LogP contribution in [0.1, 0.15) is 32.6 Å². The lowest BCUT2D eigenvalue weighted by Crippen LogP contribution is -2.45. The van der Waals surface area contributed by atoms with Gasteiger partial charge in [0.2, 0.25) is 0 Å². The molecular formula is C10H16O3. The first-order chi connectivity index (χ1) is 6.18. The molecule has 0 amide bonds. The molecule has 0 aromatic carbocycles. The van der Waals surface area contributed by atoms with Gasteiger partial charge in [-0.1, -0.05) is 6.42 Å². The van der Waals surface area contributed by atoms with Crippen LogP contribution in [0.5, 0.6) is 0 Å². The van der Waals surface area contributed by atoms with Crippen LogP contribution in [0.25, 0.3) is 0 Å². The first-order valence-corrected chi connectivity index (χ1v) is 5.07. The fourth-order valence-corrected chi connectivity index (χ4v) is 2.63. The van der Waals surface area contributed by atoms with Crippen molar-refractivity contribution < 1.29 is 14.6 Å².